The molecule has 0 radical (unpaired) electrons. The molecule has 1 saturated heterocycles. The van der Waals surface area contributed by atoms with Gasteiger partial charge < -0.3 is 10.5 Å². The van der Waals surface area contributed by atoms with Crippen LogP contribution in [0, 0.1) is 5.92 Å². The van der Waals surface area contributed by atoms with Crippen molar-refractivity contribution in [2.75, 3.05) is 32.0 Å². The quantitative estimate of drug-likeness (QED) is 0.912. The van der Waals surface area contributed by atoms with Gasteiger partial charge in [-0.2, -0.15) is 13.2 Å². The third-order valence-electron chi connectivity index (χ3n) is 3.00. The molecule has 4 nitrogen and oxygen atoms in total. The largest absolute Gasteiger partial charge is 0.477 e. The van der Waals surface area contributed by atoms with E-state index in [1.807, 2.05) is 0 Å². The summed E-state index contributed by atoms with van der Waals surface area (Å²) in [7, 11) is 0. The first-order valence-corrected chi connectivity index (χ1v) is 6.06. The molecule has 1 aliphatic heterocycles. The Hall–Kier alpha value is -1.50. The molecule has 1 aliphatic rings. The van der Waals surface area contributed by atoms with Gasteiger partial charge in [0.1, 0.15) is 0 Å². The van der Waals surface area contributed by atoms with Crippen molar-refractivity contribution in [3.8, 4) is 5.88 Å². The number of alkyl halides is 3. The number of nitrogens with two attached hydrogens (primary N) is 1. The summed E-state index contributed by atoms with van der Waals surface area (Å²) in [6.07, 6.45) is -1.93. The Labute approximate surface area is 109 Å². The first-order chi connectivity index (χ1) is 8.92. The van der Waals surface area contributed by atoms with Gasteiger partial charge in [0.25, 0.3) is 0 Å². The van der Waals surface area contributed by atoms with Crippen molar-refractivity contribution in [1.29, 1.82) is 0 Å². The number of ether oxygens (including phenoxy) is 1. The van der Waals surface area contributed by atoms with E-state index in [4.69, 9.17) is 10.5 Å². The second-order valence-electron chi connectivity index (χ2n) is 4.75. The van der Waals surface area contributed by atoms with Crippen LogP contribution >= 0.6 is 0 Å². The number of hydrogen-bond acceptors (Lipinski definition) is 4. The summed E-state index contributed by atoms with van der Waals surface area (Å²) in [5.74, 6) is 0.560. The molecule has 1 atom stereocenters. The molecule has 19 heavy (non-hydrogen) atoms. The zero-order valence-corrected chi connectivity index (χ0v) is 10.4. The zero-order valence-electron chi connectivity index (χ0n) is 10.4. The van der Waals surface area contributed by atoms with E-state index in [2.05, 4.69) is 4.98 Å². The number of hydrogen-bond donors (Lipinski definition) is 1. The van der Waals surface area contributed by atoms with Gasteiger partial charge >= 0.3 is 6.18 Å². The van der Waals surface area contributed by atoms with Crippen molar-refractivity contribution in [2.45, 2.75) is 12.6 Å². The maximum absolute atomic E-state index is 12.2. The molecule has 2 rings (SSSR count). The fourth-order valence-corrected chi connectivity index (χ4v) is 2.13. The van der Waals surface area contributed by atoms with Crippen LogP contribution in [0.5, 0.6) is 5.88 Å². The number of nitrogen functional groups attached to an aromatic ring is 1. The Kier molecular flexibility index (Phi) is 4.14. The monoisotopic (exact) mass is 275 g/mol. The third-order valence-corrected chi connectivity index (χ3v) is 3.00. The number of rotatable bonds is 4. The summed E-state index contributed by atoms with van der Waals surface area (Å²) in [5, 5.41) is 0. The van der Waals surface area contributed by atoms with E-state index in [1.54, 1.807) is 12.1 Å². The van der Waals surface area contributed by atoms with Gasteiger partial charge in [-0.25, -0.2) is 4.98 Å². The minimum absolute atomic E-state index is 0.113. The fourth-order valence-electron chi connectivity index (χ4n) is 2.13. The van der Waals surface area contributed by atoms with E-state index in [0.29, 0.717) is 37.7 Å². The standard InChI is InChI=1S/C12H16F3N3O/c13-12(14,15)8-18-4-3-9(6-18)7-19-11-2-1-10(16)5-17-11/h1-2,5,9H,3-4,6-8,16H2/t9-/m0/s1. The van der Waals surface area contributed by atoms with Crippen LogP contribution in [0.25, 0.3) is 0 Å². The average molecular weight is 275 g/mol. The summed E-state index contributed by atoms with van der Waals surface area (Å²) in [6, 6.07) is 3.32. The van der Waals surface area contributed by atoms with Crippen LogP contribution in [-0.2, 0) is 0 Å². The molecule has 0 spiro atoms. The molecule has 0 bridgehead atoms. The molecule has 1 aromatic heterocycles. The fraction of sp³-hybridized carbons (Fsp3) is 0.583. The number of halogens is 3. The van der Waals surface area contributed by atoms with Crippen LogP contribution in [0.2, 0.25) is 0 Å². The lowest BCUT2D eigenvalue weighted by Crippen LogP contribution is -2.32. The third kappa shape index (κ3) is 4.59. The molecule has 1 fully saturated rings. The SMILES string of the molecule is Nc1ccc(OC[C@H]2CCN(CC(F)(F)F)C2)nc1. The van der Waals surface area contributed by atoms with Crippen LogP contribution in [-0.4, -0.2) is 42.3 Å². The highest BCUT2D eigenvalue weighted by Gasteiger charge is 2.34. The van der Waals surface area contributed by atoms with Gasteiger partial charge in [0.2, 0.25) is 5.88 Å². The molecule has 0 aliphatic carbocycles. The highest BCUT2D eigenvalue weighted by atomic mass is 19.4. The smallest absolute Gasteiger partial charge is 0.401 e. The lowest BCUT2D eigenvalue weighted by atomic mass is 10.1. The van der Waals surface area contributed by atoms with Gasteiger partial charge in [-0.3, -0.25) is 4.90 Å². The van der Waals surface area contributed by atoms with Crippen molar-refractivity contribution in [3.63, 3.8) is 0 Å². The average Bonchev–Trinajstić information content (AvgIpc) is 2.73. The Bertz CT molecular complexity index is 408. The van der Waals surface area contributed by atoms with E-state index < -0.39 is 12.7 Å². The number of aromatic nitrogens is 1. The van der Waals surface area contributed by atoms with E-state index >= 15 is 0 Å². The van der Waals surface area contributed by atoms with Crippen molar-refractivity contribution in [2.24, 2.45) is 5.92 Å². The first-order valence-electron chi connectivity index (χ1n) is 6.06. The molecular weight excluding hydrogens is 259 g/mol. The van der Waals surface area contributed by atoms with Gasteiger partial charge in [0.05, 0.1) is 25.0 Å². The first kappa shape index (κ1) is 13.9. The topological polar surface area (TPSA) is 51.4 Å². The van der Waals surface area contributed by atoms with Crippen molar-refractivity contribution < 1.29 is 17.9 Å². The predicted octanol–water partition coefficient (Wildman–Crippen LogP) is 1.93. The highest BCUT2D eigenvalue weighted by molar-refractivity contribution is 5.35. The van der Waals surface area contributed by atoms with E-state index in [1.165, 1.54) is 11.1 Å². The van der Waals surface area contributed by atoms with Crippen molar-refractivity contribution in [3.05, 3.63) is 18.3 Å². The van der Waals surface area contributed by atoms with Crippen molar-refractivity contribution in [1.82, 2.24) is 9.88 Å². The molecular formula is C12H16F3N3O. The van der Waals surface area contributed by atoms with Gasteiger partial charge in [0, 0.05) is 18.5 Å². The summed E-state index contributed by atoms with van der Waals surface area (Å²) in [6.45, 7) is 0.409. The molecule has 0 aromatic carbocycles. The van der Waals surface area contributed by atoms with E-state index in [-0.39, 0.29) is 5.92 Å². The Morgan fingerprint density at radius 3 is 2.84 bits per heavy atom. The maximum atomic E-state index is 12.2. The normalized spacial score (nSPS) is 20.7. The summed E-state index contributed by atoms with van der Waals surface area (Å²) < 4.78 is 42.1. The van der Waals surface area contributed by atoms with E-state index in [9.17, 15) is 13.2 Å². The Morgan fingerprint density at radius 2 is 2.21 bits per heavy atom. The maximum Gasteiger partial charge on any atom is 0.401 e. The lowest BCUT2D eigenvalue weighted by molar-refractivity contribution is -0.143. The number of pyridine rings is 1. The van der Waals surface area contributed by atoms with Crippen LogP contribution in [0.15, 0.2) is 18.3 Å². The second kappa shape index (κ2) is 5.64. The number of anilines is 1. The Morgan fingerprint density at radius 1 is 1.42 bits per heavy atom. The Balaban J connectivity index is 1.75. The van der Waals surface area contributed by atoms with Gasteiger partial charge in [0.15, 0.2) is 0 Å². The van der Waals surface area contributed by atoms with Crippen LogP contribution in [0.4, 0.5) is 18.9 Å². The molecule has 0 saturated carbocycles. The molecule has 0 unspecified atom stereocenters. The van der Waals surface area contributed by atoms with Crippen LogP contribution in [0.3, 0.4) is 0 Å². The summed E-state index contributed by atoms with van der Waals surface area (Å²) >= 11 is 0. The number of likely N-dealkylation sites (tertiary alicyclic amines) is 1. The van der Waals surface area contributed by atoms with Gasteiger partial charge in [-0.05, 0) is 19.0 Å². The predicted molar refractivity (Wildman–Crippen MR) is 64.7 cm³/mol. The molecule has 2 N–H and O–H groups in total. The zero-order chi connectivity index (χ0) is 13.9. The molecule has 2 heterocycles. The van der Waals surface area contributed by atoms with E-state index in [0.717, 1.165) is 0 Å². The van der Waals surface area contributed by atoms with Crippen LogP contribution in [0.1, 0.15) is 6.42 Å². The minimum Gasteiger partial charge on any atom is -0.477 e. The van der Waals surface area contributed by atoms with Gasteiger partial charge in [-0.15, -0.1) is 0 Å². The molecule has 0 amide bonds. The summed E-state index contributed by atoms with van der Waals surface area (Å²) in [4.78, 5) is 5.38. The molecule has 7 heteroatoms. The molecule has 106 valence electrons. The van der Waals surface area contributed by atoms with Crippen LogP contribution < -0.4 is 10.5 Å². The summed E-state index contributed by atoms with van der Waals surface area (Å²) in [5.41, 5.74) is 6.04. The molecule has 1 aromatic rings. The second-order valence-corrected chi connectivity index (χ2v) is 4.75. The van der Waals surface area contributed by atoms with Gasteiger partial charge in [-0.1, -0.05) is 0 Å². The number of nitrogens with zero attached hydrogens (tertiary/aromatic N) is 2. The minimum atomic E-state index is -4.13. The van der Waals surface area contributed by atoms with Crippen molar-refractivity contribution >= 4 is 5.69 Å². The highest BCUT2D eigenvalue weighted by Crippen LogP contribution is 2.23. The lowest BCUT2D eigenvalue weighted by Gasteiger charge is -2.17.